The monoisotopic (exact) mass is 317 g/mol. The van der Waals surface area contributed by atoms with E-state index in [0.29, 0.717) is 19.6 Å². The summed E-state index contributed by atoms with van der Waals surface area (Å²) in [6.07, 6.45) is 0.653. The Kier molecular flexibility index (Phi) is 4.86. The summed E-state index contributed by atoms with van der Waals surface area (Å²) in [5, 5.41) is 3.14. The van der Waals surface area contributed by atoms with Gasteiger partial charge < -0.3 is 14.8 Å². The van der Waals surface area contributed by atoms with E-state index in [9.17, 15) is 9.59 Å². The van der Waals surface area contributed by atoms with Crippen LogP contribution in [-0.2, 0) is 14.3 Å². The second kappa shape index (κ2) is 6.43. The first kappa shape index (κ1) is 15.1. The maximum atomic E-state index is 12.1. The van der Waals surface area contributed by atoms with Gasteiger partial charge in [-0.25, -0.2) is 4.79 Å². The van der Waals surface area contributed by atoms with Crippen LogP contribution in [-0.4, -0.2) is 32.2 Å². The van der Waals surface area contributed by atoms with Crippen molar-refractivity contribution in [2.75, 3.05) is 25.6 Å². The molecule has 0 aliphatic carbocycles. The molecule has 2 rings (SSSR count). The highest BCUT2D eigenvalue weighted by Crippen LogP contribution is 2.30. The van der Waals surface area contributed by atoms with Crippen LogP contribution in [0.25, 0.3) is 0 Å². The zero-order chi connectivity index (χ0) is 14.7. The minimum absolute atomic E-state index is 0.161. The topological polar surface area (TPSA) is 64.6 Å². The summed E-state index contributed by atoms with van der Waals surface area (Å²) < 4.78 is 9.82. The maximum absolute atomic E-state index is 12.1. The van der Waals surface area contributed by atoms with Crippen LogP contribution in [0.15, 0.2) is 12.1 Å². The predicted molar refractivity (Wildman–Crippen MR) is 75.4 cm³/mol. The molecule has 1 amide bonds. The highest BCUT2D eigenvalue weighted by molar-refractivity contribution is 6.42. The van der Waals surface area contributed by atoms with E-state index in [1.165, 1.54) is 19.2 Å². The molecule has 108 valence electrons. The number of ether oxygens (including phenoxy) is 2. The molecule has 1 unspecified atom stereocenters. The molecule has 1 fully saturated rings. The van der Waals surface area contributed by atoms with Gasteiger partial charge in [-0.1, -0.05) is 23.2 Å². The largest absolute Gasteiger partial charge is 0.465 e. The molecule has 7 heteroatoms. The Morgan fingerprint density at radius 1 is 1.35 bits per heavy atom. The molecule has 0 bridgehead atoms. The fourth-order valence-electron chi connectivity index (χ4n) is 1.91. The van der Waals surface area contributed by atoms with Crippen molar-refractivity contribution in [3.63, 3.8) is 0 Å². The zero-order valence-electron chi connectivity index (χ0n) is 10.7. The molecule has 0 radical (unpaired) electrons. The van der Waals surface area contributed by atoms with E-state index in [0.717, 1.165) is 0 Å². The standard InChI is InChI=1S/C13H13Cl2NO4/c1-19-13(18)8-4-9(14)10(15)5-11(8)16-12(17)7-2-3-20-6-7/h4-5,7H,2-3,6H2,1H3,(H,16,17). The van der Waals surface area contributed by atoms with Crippen LogP contribution in [0.3, 0.4) is 0 Å². The van der Waals surface area contributed by atoms with Crippen LogP contribution in [0.4, 0.5) is 5.69 Å². The number of amides is 1. The molecule has 20 heavy (non-hydrogen) atoms. The first-order chi connectivity index (χ1) is 9.52. The van der Waals surface area contributed by atoms with Crippen molar-refractivity contribution in [3.8, 4) is 0 Å². The summed E-state index contributed by atoms with van der Waals surface area (Å²) in [4.78, 5) is 23.8. The predicted octanol–water partition coefficient (Wildman–Crippen LogP) is 2.76. The van der Waals surface area contributed by atoms with Gasteiger partial charge in [0.25, 0.3) is 0 Å². The van der Waals surface area contributed by atoms with Gasteiger partial charge in [-0.3, -0.25) is 4.79 Å². The van der Waals surface area contributed by atoms with Gasteiger partial charge in [0.15, 0.2) is 0 Å². The molecule has 1 atom stereocenters. The summed E-state index contributed by atoms with van der Waals surface area (Å²) in [5.74, 6) is -1.04. The Bertz CT molecular complexity index is 541. The van der Waals surface area contributed by atoms with Crippen molar-refractivity contribution in [1.29, 1.82) is 0 Å². The Hall–Kier alpha value is -1.30. The zero-order valence-corrected chi connectivity index (χ0v) is 12.3. The quantitative estimate of drug-likeness (QED) is 0.871. The molecule has 1 aromatic rings. The number of esters is 1. The number of hydrogen-bond donors (Lipinski definition) is 1. The van der Waals surface area contributed by atoms with Crippen LogP contribution in [0.2, 0.25) is 10.0 Å². The minimum atomic E-state index is -0.596. The van der Waals surface area contributed by atoms with Gasteiger partial charge in [-0.15, -0.1) is 0 Å². The second-order valence-corrected chi connectivity index (χ2v) is 5.17. The van der Waals surface area contributed by atoms with Crippen molar-refractivity contribution in [2.45, 2.75) is 6.42 Å². The van der Waals surface area contributed by atoms with E-state index in [-0.39, 0.29) is 33.1 Å². The van der Waals surface area contributed by atoms with Crippen molar-refractivity contribution in [2.24, 2.45) is 5.92 Å². The molecule has 1 aliphatic heterocycles. The van der Waals surface area contributed by atoms with Gasteiger partial charge in [0, 0.05) is 6.61 Å². The molecule has 1 aromatic carbocycles. The summed E-state index contributed by atoms with van der Waals surface area (Å²) in [6.45, 7) is 0.935. The average molecular weight is 318 g/mol. The third-order valence-electron chi connectivity index (χ3n) is 3.02. The van der Waals surface area contributed by atoms with E-state index in [4.69, 9.17) is 27.9 Å². The SMILES string of the molecule is COC(=O)c1cc(Cl)c(Cl)cc1NC(=O)C1CCOC1. The van der Waals surface area contributed by atoms with E-state index in [2.05, 4.69) is 10.1 Å². The Labute approximate surface area is 126 Å². The summed E-state index contributed by atoms with van der Waals surface area (Å²) in [7, 11) is 1.25. The lowest BCUT2D eigenvalue weighted by Gasteiger charge is -2.13. The Balaban J connectivity index is 2.27. The molecule has 1 saturated heterocycles. The third kappa shape index (κ3) is 3.23. The highest BCUT2D eigenvalue weighted by Gasteiger charge is 2.25. The molecular weight excluding hydrogens is 305 g/mol. The van der Waals surface area contributed by atoms with Crippen molar-refractivity contribution in [3.05, 3.63) is 27.7 Å². The number of nitrogens with one attached hydrogen (secondary N) is 1. The third-order valence-corrected chi connectivity index (χ3v) is 3.75. The van der Waals surface area contributed by atoms with Crippen molar-refractivity contribution >= 4 is 40.8 Å². The number of benzene rings is 1. The number of rotatable bonds is 3. The first-order valence-corrected chi connectivity index (χ1v) is 6.74. The van der Waals surface area contributed by atoms with Crippen LogP contribution in [0.5, 0.6) is 0 Å². The van der Waals surface area contributed by atoms with Gasteiger partial charge in [-0.2, -0.15) is 0 Å². The molecular formula is C13H13Cl2NO4. The normalized spacial score (nSPS) is 17.9. The van der Waals surface area contributed by atoms with E-state index in [1.807, 2.05) is 0 Å². The number of carbonyl (C=O) groups is 2. The molecule has 0 spiro atoms. The molecule has 5 nitrogen and oxygen atoms in total. The number of hydrogen-bond acceptors (Lipinski definition) is 4. The van der Waals surface area contributed by atoms with Gasteiger partial charge >= 0.3 is 5.97 Å². The van der Waals surface area contributed by atoms with Crippen LogP contribution in [0.1, 0.15) is 16.8 Å². The smallest absolute Gasteiger partial charge is 0.340 e. The Morgan fingerprint density at radius 3 is 2.65 bits per heavy atom. The molecule has 0 saturated carbocycles. The highest BCUT2D eigenvalue weighted by atomic mass is 35.5. The van der Waals surface area contributed by atoms with Gasteiger partial charge in [0.2, 0.25) is 5.91 Å². The number of methoxy groups -OCH3 is 1. The average Bonchev–Trinajstić information content (AvgIpc) is 2.95. The van der Waals surface area contributed by atoms with Crippen LogP contribution < -0.4 is 5.32 Å². The molecule has 1 N–H and O–H groups in total. The molecule has 1 heterocycles. The summed E-state index contributed by atoms with van der Waals surface area (Å²) >= 11 is 11.8. The van der Waals surface area contributed by atoms with Crippen molar-refractivity contribution in [1.82, 2.24) is 0 Å². The van der Waals surface area contributed by atoms with Crippen molar-refractivity contribution < 1.29 is 19.1 Å². The fourth-order valence-corrected chi connectivity index (χ4v) is 2.23. The first-order valence-electron chi connectivity index (χ1n) is 5.99. The fraction of sp³-hybridized carbons (Fsp3) is 0.385. The van der Waals surface area contributed by atoms with E-state index >= 15 is 0 Å². The van der Waals surface area contributed by atoms with E-state index in [1.54, 1.807) is 0 Å². The number of anilines is 1. The summed E-state index contributed by atoms with van der Waals surface area (Å²) in [5.41, 5.74) is 0.442. The van der Waals surface area contributed by atoms with Gasteiger partial charge in [0.05, 0.1) is 40.9 Å². The summed E-state index contributed by atoms with van der Waals surface area (Å²) in [6, 6.07) is 2.81. The maximum Gasteiger partial charge on any atom is 0.340 e. The minimum Gasteiger partial charge on any atom is -0.465 e. The lowest BCUT2D eigenvalue weighted by Crippen LogP contribution is -2.24. The lowest BCUT2D eigenvalue weighted by atomic mass is 10.1. The van der Waals surface area contributed by atoms with Crippen LogP contribution >= 0.6 is 23.2 Å². The molecule has 1 aliphatic rings. The van der Waals surface area contributed by atoms with Gasteiger partial charge in [0.1, 0.15) is 0 Å². The Morgan fingerprint density at radius 2 is 2.05 bits per heavy atom. The van der Waals surface area contributed by atoms with E-state index < -0.39 is 5.97 Å². The number of carbonyl (C=O) groups excluding carboxylic acids is 2. The second-order valence-electron chi connectivity index (χ2n) is 4.35. The van der Waals surface area contributed by atoms with Gasteiger partial charge in [-0.05, 0) is 18.6 Å². The molecule has 0 aromatic heterocycles. The van der Waals surface area contributed by atoms with Crippen LogP contribution in [0, 0.1) is 5.92 Å². The lowest BCUT2D eigenvalue weighted by molar-refractivity contribution is -0.119. The number of halogens is 2.